The fourth-order valence-electron chi connectivity index (χ4n) is 2.99. The molecule has 3 heterocycles. The number of alkyl halides is 2. The Kier molecular flexibility index (Phi) is 4.78. The highest BCUT2D eigenvalue weighted by Gasteiger charge is 2.26. The molecule has 2 aromatic heterocycles. The number of hydrogen-bond acceptors (Lipinski definition) is 6. The molecule has 0 radical (unpaired) electrons. The maximum Gasteiger partial charge on any atom is 0.272 e. The predicted molar refractivity (Wildman–Crippen MR) is 94.1 cm³/mol. The van der Waals surface area contributed by atoms with Crippen LogP contribution < -0.4 is 14.8 Å². The number of aliphatic hydroxyl groups is 1. The van der Waals surface area contributed by atoms with Gasteiger partial charge >= 0.3 is 0 Å². The Bertz CT molecular complexity index is 1020. The van der Waals surface area contributed by atoms with Crippen molar-refractivity contribution < 1.29 is 28.2 Å². The van der Waals surface area contributed by atoms with Gasteiger partial charge in [-0.3, -0.25) is 4.79 Å². The van der Waals surface area contributed by atoms with Crippen molar-refractivity contribution in [2.45, 2.75) is 19.0 Å². The van der Waals surface area contributed by atoms with E-state index in [9.17, 15) is 18.7 Å². The first-order valence-corrected chi connectivity index (χ1v) is 8.50. The summed E-state index contributed by atoms with van der Waals surface area (Å²) in [6.45, 7) is -1.01. The number of anilines is 1. The number of nitrogens with zero attached hydrogens (tertiary/aromatic N) is 3. The van der Waals surface area contributed by atoms with Gasteiger partial charge in [-0.1, -0.05) is 0 Å². The molecule has 1 aliphatic heterocycles. The molecule has 1 aromatic carbocycles. The molecule has 2 N–H and O–H groups in total. The molecule has 0 aliphatic carbocycles. The van der Waals surface area contributed by atoms with Gasteiger partial charge in [0.15, 0.2) is 5.65 Å². The van der Waals surface area contributed by atoms with Crippen molar-refractivity contribution in [3.8, 4) is 11.5 Å². The van der Waals surface area contributed by atoms with E-state index < -0.39 is 25.0 Å². The Morgan fingerprint density at radius 2 is 2.32 bits per heavy atom. The molecule has 1 amide bonds. The van der Waals surface area contributed by atoms with Crippen LogP contribution in [0.3, 0.4) is 0 Å². The third-order valence-electron chi connectivity index (χ3n) is 4.24. The van der Waals surface area contributed by atoms with Gasteiger partial charge in [0.1, 0.15) is 29.8 Å². The SMILES string of the molecule is O=C(Nc1cc2c(cc1OCC(F)F)OC(CO)C2)c1cnn2cccnc12. The molecular formula is C18H16F2N4O4. The quantitative estimate of drug-likeness (QED) is 0.667. The number of halogens is 2. The van der Waals surface area contributed by atoms with E-state index in [2.05, 4.69) is 15.4 Å². The summed E-state index contributed by atoms with van der Waals surface area (Å²) >= 11 is 0. The minimum Gasteiger partial charge on any atom is -0.487 e. The van der Waals surface area contributed by atoms with Gasteiger partial charge in [-0.25, -0.2) is 18.3 Å². The summed E-state index contributed by atoms with van der Waals surface area (Å²) in [5.74, 6) is -0.0254. The van der Waals surface area contributed by atoms with Crippen molar-refractivity contribution >= 4 is 17.2 Å². The number of aliphatic hydroxyl groups excluding tert-OH is 1. The summed E-state index contributed by atoms with van der Waals surface area (Å²) in [5, 5.41) is 16.0. The average Bonchev–Trinajstić information content (AvgIpc) is 3.29. The molecule has 0 spiro atoms. The van der Waals surface area contributed by atoms with Crippen molar-refractivity contribution in [3.05, 3.63) is 47.9 Å². The van der Waals surface area contributed by atoms with Crippen LogP contribution in [0.2, 0.25) is 0 Å². The number of carbonyl (C=O) groups is 1. The van der Waals surface area contributed by atoms with E-state index in [1.54, 1.807) is 18.3 Å². The van der Waals surface area contributed by atoms with Gasteiger partial charge in [-0.2, -0.15) is 5.10 Å². The molecule has 1 unspecified atom stereocenters. The molecule has 28 heavy (non-hydrogen) atoms. The second kappa shape index (κ2) is 7.39. The van der Waals surface area contributed by atoms with Crippen LogP contribution in [0, 0.1) is 0 Å². The van der Waals surface area contributed by atoms with Gasteiger partial charge in [0.2, 0.25) is 0 Å². The Balaban J connectivity index is 1.64. The molecule has 146 valence electrons. The van der Waals surface area contributed by atoms with Gasteiger partial charge in [-0.15, -0.1) is 0 Å². The van der Waals surface area contributed by atoms with E-state index in [1.807, 2.05) is 0 Å². The van der Waals surface area contributed by atoms with Crippen LogP contribution in [-0.2, 0) is 6.42 Å². The van der Waals surface area contributed by atoms with Crippen LogP contribution in [0.25, 0.3) is 5.65 Å². The number of ether oxygens (including phenoxy) is 2. The third-order valence-corrected chi connectivity index (χ3v) is 4.24. The summed E-state index contributed by atoms with van der Waals surface area (Å²) in [6, 6.07) is 4.72. The molecule has 3 aromatic rings. The van der Waals surface area contributed by atoms with Crippen LogP contribution in [0.4, 0.5) is 14.5 Å². The van der Waals surface area contributed by atoms with Gasteiger partial charge in [0, 0.05) is 30.4 Å². The van der Waals surface area contributed by atoms with E-state index in [4.69, 9.17) is 9.47 Å². The second-order valence-electron chi connectivity index (χ2n) is 6.18. The molecule has 1 aliphatic rings. The first-order chi connectivity index (χ1) is 13.5. The number of nitrogens with one attached hydrogen (secondary N) is 1. The monoisotopic (exact) mass is 390 g/mol. The summed E-state index contributed by atoms with van der Waals surface area (Å²) in [5.41, 5.74) is 1.55. The minimum atomic E-state index is -2.67. The van der Waals surface area contributed by atoms with Gasteiger partial charge < -0.3 is 19.9 Å². The lowest BCUT2D eigenvalue weighted by Gasteiger charge is -2.14. The predicted octanol–water partition coefficient (Wildman–Crippen LogP) is 1.92. The number of hydrogen-bond donors (Lipinski definition) is 2. The minimum absolute atomic E-state index is 0.0513. The van der Waals surface area contributed by atoms with Gasteiger partial charge in [0.05, 0.1) is 18.5 Å². The van der Waals surface area contributed by atoms with Crippen molar-refractivity contribution in [1.82, 2.24) is 14.6 Å². The second-order valence-corrected chi connectivity index (χ2v) is 6.18. The number of fused-ring (bicyclic) bond motifs is 2. The van der Waals surface area contributed by atoms with Crippen LogP contribution in [0.15, 0.2) is 36.8 Å². The van der Waals surface area contributed by atoms with Crippen LogP contribution in [-0.4, -0.2) is 51.4 Å². The zero-order chi connectivity index (χ0) is 19.7. The lowest BCUT2D eigenvalue weighted by atomic mass is 10.1. The van der Waals surface area contributed by atoms with E-state index in [-0.39, 0.29) is 23.6 Å². The highest BCUT2D eigenvalue weighted by atomic mass is 19.3. The zero-order valence-electron chi connectivity index (χ0n) is 14.5. The van der Waals surface area contributed by atoms with Crippen LogP contribution in [0.1, 0.15) is 15.9 Å². The molecule has 1 atom stereocenters. The van der Waals surface area contributed by atoms with E-state index in [1.165, 1.54) is 23.0 Å². The number of amides is 1. The third kappa shape index (κ3) is 3.46. The first-order valence-electron chi connectivity index (χ1n) is 8.50. The number of benzene rings is 1. The average molecular weight is 390 g/mol. The smallest absolute Gasteiger partial charge is 0.272 e. The summed E-state index contributed by atoms with van der Waals surface area (Å²) in [7, 11) is 0. The largest absolute Gasteiger partial charge is 0.487 e. The number of carbonyl (C=O) groups excluding carboxylic acids is 1. The molecule has 10 heteroatoms. The highest BCUT2D eigenvalue weighted by Crippen LogP contribution is 2.38. The Labute approximate surface area is 157 Å². The van der Waals surface area contributed by atoms with Crippen molar-refractivity contribution in [2.24, 2.45) is 0 Å². The van der Waals surface area contributed by atoms with Crippen LogP contribution >= 0.6 is 0 Å². The summed E-state index contributed by atoms with van der Waals surface area (Å²) in [4.78, 5) is 16.8. The zero-order valence-corrected chi connectivity index (χ0v) is 14.5. The molecular weight excluding hydrogens is 374 g/mol. The number of rotatable bonds is 6. The van der Waals surface area contributed by atoms with Crippen molar-refractivity contribution in [1.29, 1.82) is 0 Å². The number of aromatic nitrogens is 3. The Morgan fingerprint density at radius 1 is 1.46 bits per heavy atom. The lowest BCUT2D eigenvalue weighted by Crippen LogP contribution is -2.17. The normalized spacial score (nSPS) is 15.5. The molecule has 8 nitrogen and oxygen atoms in total. The fourth-order valence-corrected chi connectivity index (χ4v) is 2.99. The highest BCUT2D eigenvalue weighted by molar-refractivity contribution is 6.08. The molecule has 0 saturated carbocycles. The maximum atomic E-state index is 12.7. The van der Waals surface area contributed by atoms with Crippen LogP contribution in [0.5, 0.6) is 11.5 Å². The van der Waals surface area contributed by atoms with E-state index in [0.717, 1.165) is 5.56 Å². The molecule has 0 fully saturated rings. The standard InChI is InChI=1S/C18H16F2N4O4/c19-16(20)9-27-15-6-14-10(4-11(8-25)28-14)5-13(15)23-18(26)12-7-22-24-3-1-2-21-17(12)24/h1-3,5-7,11,16,25H,4,8-9H2,(H,23,26). The topological polar surface area (TPSA) is 98.0 Å². The summed E-state index contributed by atoms with van der Waals surface area (Å²) in [6.07, 6.45) is 1.89. The van der Waals surface area contributed by atoms with E-state index in [0.29, 0.717) is 17.8 Å². The van der Waals surface area contributed by atoms with Gasteiger partial charge in [-0.05, 0) is 12.1 Å². The Hall–Kier alpha value is -3.27. The molecule has 4 rings (SSSR count). The van der Waals surface area contributed by atoms with Crippen molar-refractivity contribution in [3.63, 3.8) is 0 Å². The van der Waals surface area contributed by atoms with Crippen molar-refractivity contribution in [2.75, 3.05) is 18.5 Å². The Morgan fingerprint density at radius 3 is 3.11 bits per heavy atom. The first kappa shape index (κ1) is 18.1. The lowest BCUT2D eigenvalue weighted by molar-refractivity contribution is 0.0819. The maximum absolute atomic E-state index is 12.7. The van der Waals surface area contributed by atoms with E-state index >= 15 is 0 Å². The molecule has 0 bridgehead atoms. The molecule has 0 saturated heterocycles. The fraction of sp³-hybridized carbons (Fsp3) is 0.278. The summed E-state index contributed by atoms with van der Waals surface area (Å²) < 4.78 is 37.4. The van der Waals surface area contributed by atoms with Gasteiger partial charge in [0.25, 0.3) is 12.3 Å².